The van der Waals surface area contributed by atoms with Crippen molar-refractivity contribution in [3.8, 4) is 6.07 Å². The number of rotatable bonds is 5. The second-order valence-electron chi connectivity index (χ2n) is 5.47. The summed E-state index contributed by atoms with van der Waals surface area (Å²) in [7, 11) is 1.94. The van der Waals surface area contributed by atoms with Crippen LogP contribution in [0.15, 0.2) is 18.2 Å². The molecule has 19 heavy (non-hydrogen) atoms. The van der Waals surface area contributed by atoms with Crippen molar-refractivity contribution >= 4 is 0 Å². The topological polar surface area (TPSA) is 27.0 Å². The number of hydrogen-bond acceptors (Lipinski definition) is 2. The molecular weight excluding hydrogens is 246 g/mol. The maximum absolute atomic E-state index is 13.5. The van der Waals surface area contributed by atoms with Crippen molar-refractivity contribution in [1.82, 2.24) is 4.90 Å². The molecule has 1 aromatic carbocycles. The third-order valence-corrected chi connectivity index (χ3v) is 3.90. The highest BCUT2D eigenvalue weighted by atomic mass is 19.1. The molecule has 0 aliphatic heterocycles. The molecule has 0 radical (unpaired) electrons. The molecular formula is C15H18F2N2. The SMILES string of the molecule is CN(CCc1ccc(F)cc1F)CC1(C#N)CCC1. The van der Waals surface area contributed by atoms with Crippen LogP contribution in [0.1, 0.15) is 24.8 Å². The average Bonchev–Trinajstić information content (AvgIpc) is 2.33. The van der Waals surface area contributed by atoms with Gasteiger partial charge in [-0.15, -0.1) is 0 Å². The molecule has 2 nitrogen and oxygen atoms in total. The van der Waals surface area contributed by atoms with Gasteiger partial charge in [-0.3, -0.25) is 0 Å². The number of halogens is 2. The normalized spacial score (nSPS) is 17.0. The quantitative estimate of drug-likeness (QED) is 0.817. The van der Waals surface area contributed by atoms with Crippen LogP contribution in [0.2, 0.25) is 0 Å². The molecule has 0 N–H and O–H groups in total. The van der Waals surface area contributed by atoms with E-state index in [0.717, 1.165) is 31.9 Å². The van der Waals surface area contributed by atoms with Gasteiger partial charge in [-0.1, -0.05) is 12.5 Å². The zero-order valence-electron chi connectivity index (χ0n) is 11.1. The van der Waals surface area contributed by atoms with Crippen LogP contribution in [0.3, 0.4) is 0 Å². The molecule has 1 aliphatic rings. The van der Waals surface area contributed by atoms with Gasteiger partial charge in [0.05, 0.1) is 11.5 Å². The Labute approximate surface area is 112 Å². The van der Waals surface area contributed by atoms with Crippen molar-refractivity contribution in [2.45, 2.75) is 25.7 Å². The molecule has 0 spiro atoms. The van der Waals surface area contributed by atoms with Gasteiger partial charge in [0, 0.05) is 19.2 Å². The van der Waals surface area contributed by atoms with Crippen LogP contribution in [0, 0.1) is 28.4 Å². The summed E-state index contributed by atoms with van der Waals surface area (Å²) in [6.07, 6.45) is 3.57. The van der Waals surface area contributed by atoms with Crippen LogP contribution in [-0.4, -0.2) is 25.0 Å². The van der Waals surface area contributed by atoms with Crippen molar-refractivity contribution in [2.75, 3.05) is 20.1 Å². The smallest absolute Gasteiger partial charge is 0.129 e. The lowest BCUT2D eigenvalue weighted by Crippen LogP contribution is -2.40. The largest absolute Gasteiger partial charge is 0.304 e. The van der Waals surface area contributed by atoms with Gasteiger partial charge in [-0.2, -0.15) is 5.26 Å². The minimum Gasteiger partial charge on any atom is -0.304 e. The highest BCUT2D eigenvalue weighted by Gasteiger charge is 2.37. The van der Waals surface area contributed by atoms with Crippen LogP contribution < -0.4 is 0 Å². The van der Waals surface area contributed by atoms with Crippen LogP contribution in [0.4, 0.5) is 8.78 Å². The van der Waals surface area contributed by atoms with Crippen molar-refractivity contribution in [3.05, 3.63) is 35.4 Å². The van der Waals surface area contributed by atoms with Gasteiger partial charge in [0.25, 0.3) is 0 Å². The lowest BCUT2D eigenvalue weighted by atomic mass is 9.69. The van der Waals surface area contributed by atoms with E-state index in [1.54, 1.807) is 0 Å². The number of benzene rings is 1. The second-order valence-corrected chi connectivity index (χ2v) is 5.47. The molecule has 1 aliphatic carbocycles. The third-order valence-electron chi connectivity index (χ3n) is 3.90. The maximum Gasteiger partial charge on any atom is 0.129 e. The van der Waals surface area contributed by atoms with Gasteiger partial charge in [0.15, 0.2) is 0 Å². The highest BCUT2D eigenvalue weighted by Crippen LogP contribution is 2.40. The Hall–Kier alpha value is -1.47. The minimum absolute atomic E-state index is 0.198. The number of hydrogen-bond donors (Lipinski definition) is 0. The van der Waals surface area contributed by atoms with Gasteiger partial charge >= 0.3 is 0 Å². The van der Waals surface area contributed by atoms with Crippen LogP contribution in [0.5, 0.6) is 0 Å². The first-order valence-corrected chi connectivity index (χ1v) is 6.58. The molecule has 0 heterocycles. The Morgan fingerprint density at radius 3 is 2.63 bits per heavy atom. The van der Waals surface area contributed by atoms with Crippen molar-refractivity contribution in [1.29, 1.82) is 5.26 Å². The van der Waals surface area contributed by atoms with E-state index in [1.807, 2.05) is 7.05 Å². The van der Waals surface area contributed by atoms with E-state index >= 15 is 0 Å². The standard InChI is InChI=1S/C15H18F2N2/c1-19(11-15(10-18)6-2-7-15)8-5-12-3-4-13(16)9-14(12)17/h3-4,9H,2,5-8,11H2,1H3. The molecule has 0 bridgehead atoms. The van der Waals surface area contributed by atoms with E-state index < -0.39 is 11.6 Å². The third kappa shape index (κ3) is 3.30. The van der Waals surface area contributed by atoms with Crippen molar-refractivity contribution in [3.63, 3.8) is 0 Å². The molecule has 0 aromatic heterocycles. The summed E-state index contributed by atoms with van der Waals surface area (Å²) in [5.74, 6) is -1.04. The van der Waals surface area contributed by atoms with E-state index in [-0.39, 0.29) is 5.41 Å². The minimum atomic E-state index is -0.549. The summed E-state index contributed by atoms with van der Waals surface area (Å²) in [4.78, 5) is 2.06. The first-order chi connectivity index (χ1) is 9.04. The Kier molecular flexibility index (Phi) is 4.16. The lowest BCUT2D eigenvalue weighted by molar-refractivity contribution is 0.139. The zero-order chi connectivity index (χ0) is 13.9. The van der Waals surface area contributed by atoms with Crippen LogP contribution in [0.25, 0.3) is 0 Å². The summed E-state index contributed by atoms with van der Waals surface area (Å²) in [6, 6.07) is 6.08. The second kappa shape index (κ2) is 5.66. The van der Waals surface area contributed by atoms with Crippen molar-refractivity contribution in [2.24, 2.45) is 5.41 Å². The summed E-state index contributed by atoms with van der Waals surface area (Å²) < 4.78 is 26.3. The number of nitriles is 1. The van der Waals surface area contributed by atoms with Gasteiger partial charge < -0.3 is 4.90 Å². The van der Waals surface area contributed by atoms with Crippen LogP contribution in [-0.2, 0) is 6.42 Å². The molecule has 2 rings (SSSR count). The first kappa shape index (κ1) is 14.0. The number of likely N-dealkylation sites (N-methyl/N-ethyl adjacent to an activating group) is 1. The van der Waals surface area contributed by atoms with Gasteiger partial charge in [-0.25, -0.2) is 8.78 Å². The first-order valence-electron chi connectivity index (χ1n) is 6.58. The van der Waals surface area contributed by atoms with E-state index in [0.29, 0.717) is 18.5 Å². The van der Waals surface area contributed by atoms with E-state index in [4.69, 9.17) is 5.26 Å². The van der Waals surface area contributed by atoms with E-state index in [1.165, 1.54) is 12.1 Å². The molecule has 4 heteroatoms. The Morgan fingerprint density at radius 2 is 2.11 bits per heavy atom. The van der Waals surface area contributed by atoms with E-state index in [9.17, 15) is 8.78 Å². The monoisotopic (exact) mass is 264 g/mol. The molecule has 0 unspecified atom stereocenters. The predicted octanol–water partition coefficient (Wildman–Crippen LogP) is 3.13. The summed E-state index contributed by atoms with van der Waals surface area (Å²) in [6.45, 7) is 1.40. The maximum atomic E-state index is 13.5. The molecule has 1 saturated carbocycles. The molecule has 0 atom stereocenters. The van der Waals surface area contributed by atoms with Gasteiger partial charge in [0.2, 0.25) is 0 Å². The number of nitrogens with zero attached hydrogens (tertiary/aromatic N) is 2. The summed E-state index contributed by atoms with van der Waals surface area (Å²) in [5.41, 5.74) is 0.323. The highest BCUT2D eigenvalue weighted by molar-refractivity contribution is 5.19. The Morgan fingerprint density at radius 1 is 1.37 bits per heavy atom. The average molecular weight is 264 g/mol. The fourth-order valence-corrected chi connectivity index (χ4v) is 2.54. The zero-order valence-corrected chi connectivity index (χ0v) is 11.1. The lowest BCUT2D eigenvalue weighted by Gasteiger charge is -2.38. The summed E-state index contributed by atoms with van der Waals surface area (Å²) in [5, 5.41) is 9.17. The molecule has 1 aromatic rings. The summed E-state index contributed by atoms with van der Waals surface area (Å²) >= 11 is 0. The van der Waals surface area contributed by atoms with E-state index in [2.05, 4.69) is 11.0 Å². The van der Waals surface area contributed by atoms with Crippen molar-refractivity contribution < 1.29 is 8.78 Å². The fraction of sp³-hybridized carbons (Fsp3) is 0.533. The van der Waals surface area contributed by atoms with Gasteiger partial charge in [0.1, 0.15) is 11.6 Å². The Balaban J connectivity index is 1.86. The molecule has 102 valence electrons. The molecule has 0 saturated heterocycles. The fourth-order valence-electron chi connectivity index (χ4n) is 2.54. The van der Waals surface area contributed by atoms with Crippen LogP contribution >= 0.6 is 0 Å². The molecule has 1 fully saturated rings. The Bertz CT molecular complexity index is 489. The molecule has 0 amide bonds. The predicted molar refractivity (Wildman–Crippen MR) is 69.5 cm³/mol. The van der Waals surface area contributed by atoms with Gasteiger partial charge in [-0.05, 0) is 37.9 Å².